The Balaban J connectivity index is 1.86. The van der Waals surface area contributed by atoms with E-state index in [-0.39, 0.29) is 24.8 Å². The van der Waals surface area contributed by atoms with Gasteiger partial charge in [0.15, 0.2) is 0 Å². The van der Waals surface area contributed by atoms with Crippen molar-refractivity contribution in [1.29, 1.82) is 0 Å². The van der Waals surface area contributed by atoms with Gasteiger partial charge in [0, 0.05) is 6.54 Å². The lowest BCUT2D eigenvalue weighted by Crippen LogP contribution is -2.30. The molecule has 1 aliphatic heterocycles. The molecule has 2 rings (SSSR count). The molecule has 0 bridgehead atoms. The highest BCUT2D eigenvalue weighted by atomic mass is 32.2. The van der Waals surface area contributed by atoms with Gasteiger partial charge in [0.1, 0.15) is 4.32 Å². The molecule has 1 aromatic rings. The van der Waals surface area contributed by atoms with Crippen LogP contribution in [0.4, 0.5) is 0 Å². The Morgan fingerprint density at radius 3 is 2.75 bits per heavy atom. The van der Waals surface area contributed by atoms with E-state index < -0.39 is 0 Å². The Labute approximate surface area is 152 Å². The number of ether oxygens (including phenoxy) is 1. The molecule has 0 saturated carbocycles. The van der Waals surface area contributed by atoms with E-state index in [1.165, 1.54) is 16.7 Å². The number of thiocarbonyl (C=S) groups is 1. The van der Waals surface area contributed by atoms with Crippen molar-refractivity contribution in [3.8, 4) is 0 Å². The molecule has 128 valence electrons. The highest BCUT2D eigenvalue weighted by molar-refractivity contribution is 8.26. The molecular weight excluding hydrogens is 342 g/mol. The molecule has 0 N–H and O–H groups in total. The van der Waals surface area contributed by atoms with Crippen LogP contribution in [-0.4, -0.2) is 34.2 Å². The largest absolute Gasteiger partial charge is 0.466 e. The fraction of sp³-hybridized carbons (Fsp3) is 0.389. The highest BCUT2D eigenvalue weighted by Gasteiger charge is 2.32. The highest BCUT2D eigenvalue weighted by Crippen LogP contribution is 2.32. The van der Waals surface area contributed by atoms with Gasteiger partial charge in [-0.3, -0.25) is 14.5 Å². The van der Waals surface area contributed by atoms with Crippen LogP contribution in [-0.2, 0) is 14.3 Å². The van der Waals surface area contributed by atoms with Gasteiger partial charge in [0.25, 0.3) is 5.91 Å². The minimum atomic E-state index is -0.285. The quantitative estimate of drug-likeness (QED) is 0.302. The lowest BCUT2D eigenvalue weighted by molar-refractivity contribution is -0.144. The second kappa shape index (κ2) is 9.59. The summed E-state index contributed by atoms with van der Waals surface area (Å²) in [6, 6.07) is 9.62. The van der Waals surface area contributed by atoms with Crippen LogP contribution in [0, 0.1) is 0 Å². The molecule has 0 atom stereocenters. The molecule has 1 aliphatic rings. The number of unbranched alkanes of at least 4 members (excludes halogenated alkanes) is 2. The van der Waals surface area contributed by atoms with Gasteiger partial charge < -0.3 is 4.74 Å². The van der Waals surface area contributed by atoms with E-state index in [9.17, 15) is 9.59 Å². The molecule has 0 radical (unpaired) electrons. The zero-order valence-corrected chi connectivity index (χ0v) is 15.3. The predicted octanol–water partition coefficient (Wildman–Crippen LogP) is 4.01. The van der Waals surface area contributed by atoms with Crippen molar-refractivity contribution in [3.05, 3.63) is 40.8 Å². The number of esters is 1. The van der Waals surface area contributed by atoms with Gasteiger partial charge in [-0.25, -0.2) is 0 Å². The van der Waals surface area contributed by atoms with E-state index in [0.29, 0.717) is 15.8 Å². The molecule has 1 saturated heterocycles. The molecule has 1 amide bonds. The Bertz CT molecular complexity index is 628. The number of thioether (sulfide) groups is 1. The average Bonchev–Trinajstić information content (AvgIpc) is 2.84. The maximum absolute atomic E-state index is 12.4. The van der Waals surface area contributed by atoms with Crippen LogP contribution in [0.2, 0.25) is 0 Å². The maximum atomic E-state index is 12.4. The number of carbonyl (C=O) groups is 2. The van der Waals surface area contributed by atoms with Gasteiger partial charge in [-0.05, 0) is 18.1 Å². The van der Waals surface area contributed by atoms with Gasteiger partial charge in [0.05, 0.1) is 17.9 Å². The van der Waals surface area contributed by atoms with Crippen molar-refractivity contribution in [2.24, 2.45) is 0 Å². The zero-order valence-electron chi connectivity index (χ0n) is 13.7. The van der Waals surface area contributed by atoms with Crippen LogP contribution in [0.5, 0.6) is 0 Å². The lowest BCUT2D eigenvalue weighted by atomic mass is 10.2. The Kier molecular flexibility index (Phi) is 7.46. The van der Waals surface area contributed by atoms with E-state index in [0.717, 1.165) is 24.8 Å². The minimum absolute atomic E-state index is 0.146. The van der Waals surface area contributed by atoms with Crippen molar-refractivity contribution >= 4 is 46.3 Å². The van der Waals surface area contributed by atoms with E-state index >= 15 is 0 Å². The third kappa shape index (κ3) is 5.46. The zero-order chi connectivity index (χ0) is 17.4. The Morgan fingerprint density at radius 2 is 2.04 bits per heavy atom. The normalized spacial score (nSPS) is 16.0. The molecule has 0 unspecified atom stereocenters. The SMILES string of the molecule is CCCCCOC(=O)CCN1C(=O)/C(=C/c2ccccc2)SC1=S. The standard InChI is InChI=1S/C18H21NO3S2/c1-2-3-7-12-22-16(20)10-11-19-17(21)15(24-18(19)23)13-14-8-5-4-6-9-14/h4-6,8-9,13H,2-3,7,10-12H2,1H3/b15-13-. The number of nitrogens with zero attached hydrogens (tertiary/aromatic N) is 1. The number of amides is 1. The van der Waals surface area contributed by atoms with Gasteiger partial charge in [-0.15, -0.1) is 0 Å². The first-order valence-corrected chi connectivity index (χ1v) is 9.30. The number of hydrogen-bond acceptors (Lipinski definition) is 5. The van der Waals surface area contributed by atoms with Gasteiger partial charge in [-0.2, -0.15) is 0 Å². The summed E-state index contributed by atoms with van der Waals surface area (Å²) in [7, 11) is 0. The van der Waals surface area contributed by atoms with Gasteiger partial charge >= 0.3 is 5.97 Å². The number of carbonyl (C=O) groups excluding carboxylic acids is 2. The number of rotatable bonds is 8. The number of hydrogen-bond donors (Lipinski definition) is 0. The third-order valence-electron chi connectivity index (χ3n) is 3.52. The van der Waals surface area contributed by atoms with Gasteiger partial charge in [-0.1, -0.05) is 74.1 Å². The molecule has 4 nitrogen and oxygen atoms in total. The Hall–Kier alpha value is -1.66. The molecule has 24 heavy (non-hydrogen) atoms. The summed E-state index contributed by atoms with van der Waals surface area (Å²) >= 11 is 6.53. The predicted molar refractivity (Wildman–Crippen MR) is 101 cm³/mol. The second-order valence-electron chi connectivity index (χ2n) is 5.42. The average molecular weight is 364 g/mol. The van der Waals surface area contributed by atoms with E-state index in [4.69, 9.17) is 17.0 Å². The lowest BCUT2D eigenvalue weighted by Gasteiger charge is -2.13. The summed E-state index contributed by atoms with van der Waals surface area (Å²) in [5, 5.41) is 0. The van der Waals surface area contributed by atoms with E-state index in [2.05, 4.69) is 6.92 Å². The van der Waals surface area contributed by atoms with Crippen molar-refractivity contribution in [2.75, 3.05) is 13.2 Å². The molecule has 6 heteroatoms. The van der Waals surface area contributed by atoms with Crippen LogP contribution in [0.15, 0.2) is 35.2 Å². The summed E-state index contributed by atoms with van der Waals surface area (Å²) < 4.78 is 5.64. The first kappa shape index (κ1) is 18.7. The molecule has 0 aromatic heterocycles. The first-order chi connectivity index (χ1) is 11.6. The van der Waals surface area contributed by atoms with E-state index in [1.807, 2.05) is 36.4 Å². The maximum Gasteiger partial charge on any atom is 0.307 e. The molecule has 0 aliphatic carbocycles. The van der Waals surface area contributed by atoms with Crippen LogP contribution in [0.3, 0.4) is 0 Å². The molecular formula is C18H21NO3S2. The van der Waals surface area contributed by atoms with Crippen molar-refractivity contribution < 1.29 is 14.3 Å². The van der Waals surface area contributed by atoms with Crippen LogP contribution < -0.4 is 0 Å². The summed E-state index contributed by atoms with van der Waals surface area (Å²) in [5.41, 5.74) is 0.952. The first-order valence-electron chi connectivity index (χ1n) is 8.08. The third-order valence-corrected chi connectivity index (χ3v) is 4.90. The summed E-state index contributed by atoms with van der Waals surface area (Å²) in [6.07, 6.45) is 5.00. The fourth-order valence-electron chi connectivity index (χ4n) is 2.21. The molecule has 1 heterocycles. The minimum Gasteiger partial charge on any atom is -0.466 e. The Morgan fingerprint density at radius 1 is 1.29 bits per heavy atom. The van der Waals surface area contributed by atoms with Gasteiger partial charge in [0.2, 0.25) is 0 Å². The second-order valence-corrected chi connectivity index (χ2v) is 7.10. The topological polar surface area (TPSA) is 46.6 Å². The van der Waals surface area contributed by atoms with Crippen molar-refractivity contribution in [2.45, 2.75) is 32.6 Å². The fourth-order valence-corrected chi connectivity index (χ4v) is 3.52. The summed E-state index contributed by atoms with van der Waals surface area (Å²) in [5.74, 6) is -0.431. The van der Waals surface area contributed by atoms with Crippen LogP contribution in [0.25, 0.3) is 6.08 Å². The number of benzene rings is 1. The summed E-state index contributed by atoms with van der Waals surface area (Å²) in [4.78, 5) is 26.2. The van der Waals surface area contributed by atoms with E-state index in [1.54, 1.807) is 0 Å². The van der Waals surface area contributed by atoms with Crippen molar-refractivity contribution in [3.63, 3.8) is 0 Å². The molecule has 0 spiro atoms. The van der Waals surface area contributed by atoms with Crippen LogP contribution in [0.1, 0.15) is 38.2 Å². The van der Waals surface area contributed by atoms with Crippen molar-refractivity contribution in [1.82, 2.24) is 4.90 Å². The van der Waals surface area contributed by atoms with Crippen LogP contribution >= 0.6 is 24.0 Å². The monoisotopic (exact) mass is 363 g/mol. The smallest absolute Gasteiger partial charge is 0.307 e. The molecule has 1 fully saturated rings. The summed E-state index contributed by atoms with van der Waals surface area (Å²) in [6.45, 7) is 2.81. The molecule has 1 aromatic carbocycles.